The van der Waals surface area contributed by atoms with Crippen molar-refractivity contribution in [2.45, 2.75) is 46.1 Å². The van der Waals surface area contributed by atoms with Gasteiger partial charge in [-0.25, -0.2) is 0 Å². The molecule has 0 spiro atoms. The second kappa shape index (κ2) is 5.74. The van der Waals surface area contributed by atoms with Crippen LogP contribution in [0.15, 0.2) is 17.5 Å². The fourth-order valence-corrected chi connectivity index (χ4v) is 2.24. The quantitative estimate of drug-likeness (QED) is 0.843. The zero-order chi connectivity index (χ0) is 14.7. The largest absolute Gasteiger partial charge is 0.481 e. The van der Waals surface area contributed by atoms with Gasteiger partial charge in [-0.05, 0) is 45.6 Å². The highest BCUT2D eigenvalue weighted by molar-refractivity contribution is 7.09. The number of amides is 1. The van der Waals surface area contributed by atoms with Crippen LogP contribution in [0.1, 0.15) is 39.0 Å². The Labute approximate surface area is 117 Å². The van der Waals surface area contributed by atoms with Gasteiger partial charge in [-0.15, -0.1) is 11.3 Å². The number of carboxylic acids is 1. The third-order valence-electron chi connectivity index (χ3n) is 3.73. The molecular weight excluding hydrogens is 262 g/mol. The lowest BCUT2D eigenvalue weighted by Gasteiger charge is -2.38. The second-order valence-corrected chi connectivity index (χ2v) is 6.71. The van der Waals surface area contributed by atoms with E-state index in [1.54, 1.807) is 39.0 Å². The Bertz CT molecular complexity index is 449. The Kier molecular flexibility index (Phi) is 4.74. The molecule has 0 aromatic carbocycles. The van der Waals surface area contributed by atoms with E-state index < -0.39 is 16.9 Å². The molecule has 5 heteroatoms. The van der Waals surface area contributed by atoms with Crippen LogP contribution in [0, 0.1) is 5.41 Å². The van der Waals surface area contributed by atoms with Crippen molar-refractivity contribution < 1.29 is 14.7 Å². The molecule has 0 aliphatic carbocycles. The number of carbonyl (C=O) groups is 2. The van der Waals surface area contributed by atoms with Crippen LogP contribution in [0.5, 0.6) is 0 Å². The number of aliphatic carboxylic acids is 1. The van der Waals surface area contributed by atoms with Crippen molar-refractivity contribution in [2.75, 3.05) is 0 Å². The first-order valence-corrected chi connectivity index (χ1v) is 7.11. The van der Waals surface area contributed by atoms with Gasteiger partial charge in [0.2, 0.25) is 5.91 Å². The number of hydrogen-bond acceptors (Lipinski definition) is 3. The molecule has 0 radical (unpaired) electrons. The van der Waals surface area contributed by atoms with Crippen LogP contribution in [0.2, 0.25) is 0 Å². The lowest BCUT2D eigenvalue weighted by Crippen LogP contribution is -2.57. The van der Waals surface area contributed by atoms with Crippen LogP contribution >= 0.6 is 11.3 Å². The molecule has 106 valence electrons. The average molecular weight is 283 g/mol. The van der Waals surface area contributed by atoms with Crippen LogP contribution in [0.3, 0.4) is 0 Å². The van der Waals surface area contributed by atoms with Gasteiger partial charge < -0.3 is 10.4 Å². The molecule has 0 unspecified atom stereocenters. The topological polar surface area (TPSA) is 66.4 Å². The predicted octanol–water partition coefficient (Wildman–Crippen LogP) is 2.69. The van der Waals surface area contributed by atoms with Gasteiger partial charge in [0.1, 0.15) is 0 Å². The van der Waals surface area contributed by atoms with Crippen molar-refractivity contribution >= 4 is 23.2 Å². The monoisotopic (exact) mass is 283 g/mol. The van der Waals surface area contributed by atoms with Gasteiger partial charge in [-0.1, -0.05) is 6.07 Å². The Morgan fingerprint density at radius 3 is 2.42 bits per heavy atom. The first-order valence-electron chi connectivity index (χ1n) is 6.23. The number of hydrogen-bond donors (Lipinski definition) is 2. The Morgan fingerprint density at radius 1 is 1.32 bits per heavy atom. The normalized spacial score (nSPS) is 12.2. The maximum atomic E-state index is 11.9. The Hall–Kier alpha value is -1.36. The molecule has 0 bridgehead atoms. The van der Waals surface area contributed by atoms with Gasteiger partial charge in [0.25, 0.3) is 0 Å². The van der Waals surface area contributed by atoms with Crippen molar-refractivity contribution in [3.8, 4) is 0 Å². The Morgan fingerprint density at radius 2 is 1.95 bits per heavy atom. The molecule has 2 N–H and O–H groups in total. The second-order valence-electron chi connectivity index (χ2n) is 5.68. The SMILES string of the molecule is CC(C)(NC(=O)CCc1cccs1)C(C)(C)C(=O)O. The van der Waals surface area contributed by atoms with Gasteiger partial charge in [0.15, 0.2) is 0 Å². The third kappa shape index (κ3) is 3.80. The molecule has 1 amide bonds. The standard InChI is InChI=1S/C14H21NO3S/c1-13(2,12(17)18)14(3,4)15-11(16)8-7-10-6-5-9-19-10/h5-6,9H,7-8H2,1-4H3,(H,15,16)(H,17,18). The summed E-state index contributed by atoms with van der Waals surface area (Å²) in [5.41, 5.74) is -1.82. The van der Waals surface area contributed by atoms with Crippen molar-refractivity contribution in [3.05, 3.63) is 22.4 Å². The summed E-state index contributed by atoms with van der Waals surface area (Å²) in [7, 11) is 0. The van der Waals surface area contributed by atoms with Crippen LogP contribution in [0.4, 0.5) is 0 Å². The average Bonchev–Trinajstić information content (AvgIpc) is 2.78. The van der Waals surface area contributed by atoms with Gasteiger partial charge >= 0.3 is 5.97 Å². The van der Waals surface area contributed by atoms with E-state index in [1.165, 1.54) is 0 Å². The number of nitrogens with one attached hydrogen (secondary N) is 1. The van der Waals surface area contributed by atoms with Crippen molar-refractivity contribution in [1.29, 1.82) is 0 Å². The zero-order valence-electron chi connectivity index (χ0n) is 11.8. The maximum Gasteiger partial charge on any atom is 0.311 e. The summed E-state index contributed by atoms with van der Waals surface area (Å²) in [5, 5.41) is 14.0. The van der Waals surface area contributed by atoms with Crippen LogP contribution in [-0.4, -0.2) is 22.5 Å². The van der Waals surface area contributed by atoms with E-state index in [-0.39, 0.29) is 5.91 Å². The summed E-state index contributed by atoms with van der Waals surface area (Å²) in [6, 6.07) is 3.94. The molecule has 0 saturated heterocycles. The Balaban J connectivity index is 2.58. The summed E-state index contributed by atoms with van der Waals surface area (Å²) >= 11 is 1.62. The number of carbonyl (C=O) groups excluding carboxylic acids is 1. The van der Waals surface area contributed by atoms with E-state index >= 15 is 0 Å². The molecule has 1 rings (SSSR count). The molecule has 4 nitrogen and oxygen atoms in total. The maximum absolute atomic E-state index is 11.9. The van der Waals surface area contributed by atoms with E-state index in [0.29, 0.717) is 12.8 Å². The summed E-state index contributed by atoms with van der Waals surface area (Å²) in [5.74, 6) is -1.04. The fourth-order valence-electron chi connectivity index (χ4n) is 1.53. The van der Waals surface area contributed by atoms with Crippen LogP contribution in [-0.2, 0) is 16.0 Å². The van der Waals surface area contributed by atoms with E-state index in [0.717, 1.165) is 4.88 Å². The lowest BCUT2D eigenvalue weighted by molar-refractivity contribution is -0.151. The van der Waals surface area contributed by atoms with Crippen molar-refractivity contribution in [3.63, 3.8) is 0 Å². The molecule has 0 saturated carbocycles. The van der Waals surface area contributed by atoms with Gasteiger partial charge in [0, 0.05) is 16.8 Å². The molecule has 0 atom stereocenters. The molecule has 0 aliphatic rings. The smallest absolute Gasteiger partial charge is 0.311 e. The predicted molar refractivity (Wildman–Crippen MR) is 76.3 cm³/mol. The van der Waals surface area contributed by atoms with E-state index in [9.17, 15) is 14.7 Å². The summed E-state index contributed by atoms with van der Waals surface area (Å²) < 4.78 is 0. The molecule has 1 aromatic rings. The molecule has 1 aromatic heterocycles. The van der Waals surface area contributed by atoms with Crippen LogP contribution in [0.25, 0.3) is 0 Å². The van der Waals surface area contributed by atoms with Crippen LogP contribution < -0.4 is 5.32 Å². The highest BCUT2D eigenvalue weighted by Crippen LogP contribution is 2.30. The summed E-state index contributed by atoms with van der Waals surface area (Å²) in [6.45, 7) is 6.72. The van der Waals surface area contributed by atoms with E-state index in [1.807, 2.05) is 17.5 Å². The lowest BCUT2D eigenvalue weighted by atomic mass is 9.74. The molecule has 1 heterocycles. The van der Waals surface area contributed by atoms with Gasteiger partial charge in [0.05, 0.1) is 5.41 Å². The number of thiophene rings is 1. The van der Waals surface area contributed by atoms with Gasteiger partial charge in [-0.2, -0.15) is 0 Å². The first kappa shape index (κ1) is 15.7. The highest BCUT2D eigenvalue weighted by atomic mass is 32.1. The number of aryl methyl sites for hydroxylation is 1. The first-order chi connectivity index (χ1) is 8.67. The summed E-state index contributed by atoms with van der Waals surface area (Å²) in [6.07, 6.45) is 1.06. The minimum atomic E-state index is -1.02. The highest BCUT2D eigenvalue weighted by Gasteiger charge is 2.44. The number of rotatable bonds is 6. The number of carboxylic acid groups (broad SMARTS) is 1. The van der Waals surface area contributed by atoms with E-state index in [4.69, 9.17) is 0 Å². The summed E-state index contributed by atoms with van der Waals surface area (Å²) in [4.78, 5) is 24.3. The minimum absolute atomic E-state index is 0.118. The van der Waals surface area contributed by atoms with Gasteiger partial charge in [-0.3, -0.25) is 9.59 Å². The fraction of sp³-hybridized carbons (Fsp3) is 0.571. The molecule has 0 fully saturated rings. The zero-order valence-corrected chi connectivity index (χ0v) is 12.6. The minimum Gasteiger partial charge on any atom is -0.481 e. The van der Waals surface area contributed by atoms with E-state index in [2.05, 4.69) is 5.32 Å². The van der Waals surface area contributed by atoms with Crippen molar-refractivity contribution in [2.24, 2.45) is 5.41 Å². The van der Waals surface area contributed by atoms with Crippen molar-refractivity contribution in [1.82, 2.24) is 5.32 Å². The molecular formula is C14H21NO3S. The molecule has 0 aliphatic heterocycles. The third-order valence-corrected chi connectivity index (χ3v) is 4.66. The molecule has 19 heavy (non-hydrogen) atoms.